The first-order chi connectivity index (χ1) is 12.5. The van der Waals surface area contributed by atoms with Crippen LogP contribution >= 0.6 is 0 Å². The van der Waals surface area contributed by atoms with Crippen molar-refractivity contribution in [3.63, 3.8) is 0 Å². The summed E-state index contributed by atoms with van der Waals surface area (Å²) in [4.78, 5) is 19.8. The van der Waals surface area contributed by atoms with Crippen molar-refractivity contribution in [1.29, 1.82) is 0 Å². The maximum absolute atomic E-state index is 10.7. The Balaban J connectivity index is 2.35. The second kappa shape index (κ2) is 7.23. The number of aryl methyl sites for hydroxylation is 2. The molecule has 3 rings (SSSR count). The fourth-order valence-electron chi connectivity index (χ4n) is 2.91. The van der Waals surface area contributed by atoms with Gasteiger partial charge in [-0.2, -0.15) is 0 Å². The summed E-state index contributed by atoms with van der Waals surface area (Å²) in [5.74, 6) is 0.660. The van der Waals surface area contributed by atoms with Crippen LogP contribution < -0.4 is 15.8 Å². The number of rotatable bonds is 4. The lowest BCUT2D eigenvalue weighted by Crippen LogP contribution is -2.29. The van der Waals surface area contributed by atoms with E-state index in [-0.39, 0.29) is 5.96 Å². The van der Waals surface area contributed by atoms with E-state index in [1.165, 1.54) is 0 Å². The Morgan fingerprint density at radius 1 is 1.23 bits per heavy atom. The average Bonchev–Trinajstić information content (AvgIpc) is 2.61. The molecule has 0 saturated carbocycles. The number of hydrogen-bond acceptors (Lipinski definition) is 4. The number of pyridine rings is 1. The number of carbonyl (C=O) groups excluding carboxylic acids is 1. The molecule has 0 bridgehead atoms. The van der Waals surface area contributed by atoms with E-state index in [0.29, 0.717) is 17.8 Å². The first-order valence-electron chi connectivity index (χ1n) is 8.13. The van der Waals surface area contributed by atoms with Gasteiger partial charge in [0.2, 0.25) is 6.41 Å². The molecule has 0 aliphatic heterocycles. The van der Waals surface area contributed by atoms with Gasteiger partial charge >= 0.3 is 0 Å². The number of aliphatic imine (C=N–C) groups is 1. The molecule has 0 radical (unpaired) electrons. The predicted molar refractivity (Wildman–Crippen MR) is 104 cm³/mol. The molecule has 1 aromatic heterocycles. The number of fused-ring (bicyclic) bond motifs is 1. The van der Waals surface area contributed by atoms with Crippen molar-refractivity contribution in [3.8, 4) is 17.0 Å². The van der Waals surface area contributed by atoms with E-state index in [2.05, 4.69) is 10.3 Å². The fraction of sp³-hybridized carbons (Fsp3) is 0.150. The Kier molecular flexibility index (Phi) is 4.84. The Labute approximate surface area is 151 Å². The lowest BCUT2D eigenvalue weighted by molar-refractivity contribution is -0.108. The third-order valence-electron chi connectivity index (χ3n) is 4.08. The molecule has 3 N–H and O–H groups in total. The van der Waals surface area contributed by atoms with Crippen molar-refractivity contribution in [2.75, 3.05) is 7.11 Å². The van der Waals surface area contributed by atoms with Gasteiger partial charge in [0.1, 0.15) is 5.75 Å². The largest absolute Gasteiger partial charge is 0.496 e. The highest BCUT2D eigenvalue weighted by Crippen LogP contribution is 2.37. The lowest BCUT2D eigenvalue weighted by atomic mass is 10.0. The molecule has 1 amide bonds. The maximum Gasteiger partial charge on any atom is 0.213 e. The van der Waals surface area contributed by atoms with Crippen molar-refractivity contribution in [2.45, 2.75) is 13.8 Å². The number of nitrogens with zero attached hydrogens (tertiary/aromatic N) is 2. The van der Waals surface area contributed by atoms with Crippen LogP contribution in [0.4, 0.5) is 5.69 Å². The van der Waals surface area contributed by atoms with Crippen LogP contribution in [0.3, 0.4) is 0 Å². The number of ether oxygens (including phenoxy) is 1. The van der Waals surface area contributed by atoms with Crippen molar-refractivity contribution in [1.82, 2.24) is 10.3 Å². The van der Waals surface area contributed by atoms with E-state index < -0.39 is 0 Å². The van der Waals surface area contributed by atoms with Gasteiger partial charge in [-0.25, -0.2) is 9.98 Å². The summed E-state index contributed by atoms with van der Waals surface area (Å²) in [5, 5.41) is 3.11. The van der Waals surface area contributed by atoms with Gasteiger partial charge in [-0.15, -0.1) is 0 Å². The maximum atomic E-state index is 10.7. The first kappa shape index (κ1) is 17.4. The molecule has 2 aromatic carbocycles. The topological polar surface area (TPSA) is 89.6 Å². The molecule has 6 nitrogen and oxygen atoms in total. The van der Waals surface area contributed by atoms with Crippen molar-refractivity contribution in [2.24, 2.45) is 10.7 Å². The molecule has 132 valence electrons. The zero-order valence-corrected chi connectivity index (χ0v) is 14.9. The third-order valence-corrected chi connectivity index (χ3v) is 4.08. The number of aromatic nitrogens is 1. The molecular formula is C20H20N4O2. The summed E-state index contributed by atoms with van der Waals surface area (Å²) in [6, 6.07) is 13.7. The third kappa shape index (κ3) is 3.35. The monoisotopic (exact) mass is 348 g/mol. The predicted octanol–water partition coefficient (Wildman–Crippen LogP) is 3.22. The van der Waals surface area contributed by atoms with Crippen LogP contribution in [-0.4, -0.2) is 24.5 Å². The minimum Gasteiger partial charge on any atom is -0.496 e. The van der Waals surface area contributed by atoms with E-state index in [4.69, 9.17) is 15.5 Å². The fourth-order valence-corrected chi connectivity index (χ4v) is 2.91. The minimum atomic E-state index is 0.00543. The highest BCUT2D eigenvalue weighted by molar-refractivity contribution is 6.00. The van der Waals surface area contributed by atoms with Crippen molar-refractivity contribution in [3.05, 3.63) is 53.6 Å². The molecule has 0 aliphatic carbocycles. The van der Waals surface area contributed by atoms with Crippen LogP contribution in [0.1, 0.15) is 11.1 Å². The smallest absolute Gasteiger partial charge is 0.213 e. The molecule has 0 spiro atoms. The Morgan fingerprint density at radius 2 is 2.00 bits per heavy atom. The van der Waals surface area contributed by atoms with Crippen LogP contribution in [0.5, 0.6) is 5.75 Å². The van der Waals surface area contributed by atoms with Gasteiger partial charge in [0.15, 0.2) is 5.96 Å². The number of carbonyl (C=O) groups is 1. The summed E-state index contributed by atoms with van der Waals surface area (Å²) in [6.07, 6.45) is 0.492. The molecular weight excluding hydrogens is 328 g/mol. The van der Waals surface area contributed by atoms with Crippen LogP contribution in [0, 0.1) is 13.8 Å². The first-order valence-corrected chi connectivity index (χ1v) is 8.13. The summed E-state index contributed by atoms with van der Waals surface area (Å²) in [5.41, 5.74) is 11.0. The number of guanidine groups is 1. The van der Waals surface area contributed by atoms with Crippen LogP contribution in [0.25, 0.3) is 22.2 Å². The molecule has 0 atom stereocenters. The second-order valence-corrected chi connectivity index (χ2v) is 5.96. The number of methoxy groups -OCH3 is 1. The molecule has 0 saturated heterocycles. The number of amides is 1. The number of hydrogen-bond donors (Lipinski definition) is 2. The van der Waals surface area contributed by atoms with Gasteiger partial charge in [-0.05, 0) is 43.2 Å². The highest BCUT2D eigenvalue weighted by Gasteiger charge is 2.14. The van der Waals surface area contributed by atoms with E-state index in [1.807, 2.05) is 56.3 Å². The van der Waals surface area contributed by atoms with E-state index in [9.17, 15) is 4.79 Å². The molecule has 3 aromatic rings. The lowest BCUT2D eigenvalue weighted by Gasteiger charge is -2.13. The average molecular weight is 348 g/mol. The minimum absolute atomic E-state index is 0.00543. The van der Waals surface area contributed by atoms with Crippen molar-refractivity contribution >= 4 is 29.0 Å². The number of benzene rings is 2. The summed E-state index contributed by atoms with van der Waals surface area (Å²) in [6.45, 7) is 4.01. The second-order valence-electron chi connectivity index (χ2n) is 5.96. The zero-order valence-electron chi connectivity index (χ0n) is 14.9. The Bertz CT molecular complexity index is 1010. The van der Waals surface area contributed by atoms with Gasteiger partial charge in [0.05, 0.1) is 29.4 Å². The van der Waals surface area contributed by atoms with Gasteiger partial charge in [-0.1, -0.05) is 24.3 Å². The van der Waals surface area contributed by atoms with Gasteiger partial charge in [-0.3, -0.25) is 10.1 Å². The van der Waals surface area contributed by atoms with Crippen LogP contribution in [0.15, 0.2) is 47.5 Å². The standard InChI is InChI=1S/C20H20N4O2/c1-12-8-16-19(18(9-12)26-3)17(24-20(21)22-11-25)10-15(23-16)14-7-5-4-6-13(14)2/h4-11H,1-3H3,(H3,21,22,23,24,25). The Morgan fingerprint density at radius 3 is 2.69 bits per heavy atom. The van der Waals surface area contributed by atoms with Gasteiger partial charge in [0.25, 0.3) is 0 Å². The summed E-state index contributed by atoms with van der Waals surface area (Å²) in [7, 11) is 1.60. The summed E-state index contributed by atoms with van der Waals surface area (Å²) >= 11 is 0. The normalized spacial score (nSPS) is 11.4. The number of nitrogens with one attached hydrogen (secondary N) is 1. The van der Waals surface area contributed by atoms with Crippen LogP contribution in [-0.2, 0) is 4.79 Å². The molecule has 6 heteroatoms. The molecule has 0 aliphatic rings. The van der Waals surface area contributed by atoms with Gasteiger partial charge < -0.3 is 10.5 Å². The Hall–Kier alpha value is -3.41. The molecule has 1 heterocycles. The van der Waals surface area contributed by atoms with E-state index in [1.54, 1.807) is 7.11 Å². The molecule has 0 fully saturated rings. The number of nitrogens with two attached hydrogens (primary N) is 1. The molecule has 0 unspecified atom stereocenters. The van der Waals surface area contributed by atoms with Crippen LogP contribution in [0.2, 0.25) is 0 Å². The zero-order chi connectivity index (χ0) is 18.7. The van der Waals surface area contributed by atoms with Crippen molar-refractivity contribution < 1.29 is 9.53 Å². The van der Waals surface area contributed by atoms with E-state index in [0.717, 1.165) is 33.3 Å². The van der Waals surface area contributed by atoms with E-state index >= 15 is 0 Å². The summed E-state index contributed by atoms with van der Waals surface area (Å²) < 4.78 is 5.52. The SMILES string of the molecule is COc1cc(C)cc2nc(-c3ccccc3C)cc(N=C(N)NC=O)c12. The van der Waals surface area contributed by atoms with Gasteiger partial charge in [0, 0.05) is 5.56 Å². The quantitative estimate of drug-likeness (QED) is 0.430. The molecule has 26 heavy (non-hydrogen) atoms. The highest BCUT2D eigenvalue weighted by atomic mass is 16.5.